The molecular weight excluding hydrogens is 194 g/mol. The zero-order chi connectivity index (χ0) is 12.3. The summed E-state index contributed by atoms with van der Waals surface area (Å²) in [6.45, 7) is 7.98. The van der Waals surface area contributed by atoms with E-state index in [-0.39, 0.29) is 5.54 Å². The maximum absolute atomic E-state index is 11.0. The average Bonchev–Trinajstić information content (AvgIpc) is 2.00. The first-order valence-corrected chi connectivity index (χ1v) is 5.05. The Morgan fingerprint density at radius 2 is 1.67 bits per heavy atom. The van der Waals surface area contributed by atoms with Gasteiger partial charge in [-0.05, 0) is 41.8 Å². The van der Waals surface area contributed by atoms with Crippen LogP contribution in [0.4, 0.5) is 4.79 Å². The molecule has 90 valence electrons. The predicted octanol–water partition coefficient (Wildman–Crippen LogP) is 2.28. The number of carbonyl (C=O) groups is 1. The van der Waals surface area contributed by atoms with E-state index in [1.807, 2.05) is 27.9 Å². The van der Waals surface area contributed by atoms with E-state index in [9.17, 15) is 4.79 Å². The van der Waals surface area contributed by atoms with Crippen molar-refractivity contribution >= 4 is 6.16 Å². The zero-order valence-corrected chi connectivity index (χ0v) is 10.9. The monoisotopic (exact) mass is 217 g/mol. The van der Waals surface area contributed by atoms with Crippen LogP contribution in [0.2, 0.25) is 0 Å². The fraction of sp³-hybridized carbons (Fsp3) is 0.909. The van der Waals surface area contributed by atoms with Gasteiger partial charge in [-0.25, -0.2) is 4.79 Å². The lowest BCUT2D eigenvalue weighted by Crippen LogP contribution is -2.45. The number of hydrogen-bond donors (Lipinski definition) is 0. The van der Waals surface area contributed by atoms with Crippen molar-refractivity contribution in [2.24, 2.45) is 0 Å². The highest BCUT2D eigenvalue weighted by Gasteiger charge is 2.33. The van der Waals surface area contributed by atoms with Gasteiger partial charge in [0.05, 0.1) is 7.11 Å². The van der Waals surface area contributed by atoms with Gasteiger partial charge in [0.25, 0.3) is 0 Å². The highest BCUT2D eigenvalue weighted by molar-refractivity contribution is 5.60. The summed E-state index contributed by atoms with van der Waals surface area (Å²) in [5.41, 5.74) is -0.557. The second kappa shape index (κ2) is 4.84. The molecule has 4 nitrogen and oxygen atoms in total. The van der Waals surface area contributed by atoms with Gasteiger partial charge in [0.15, 0.2) is 0 Å². The molecule has 0 aromatic heterocycles. The predicted molar refractivity (Wildman–Crippen MR) is 60.0 cm³/mol. The molecule has 15 heavy (non-hydrogen) atoms. The summed E-state index contributed by atoms with van der Waals surface area (Å²) < 4.78 is 9.67. The third-order valence-electron chi connectivity index (χ3n) is 2.60. The van der Waals surface area contributed by atoms with Crippen LogP contribution in [0.1, 0.15) is 34.1 Å². The van der Waals surface area contributed by atoms with E-state index >= 15 is 0 Å². The first kappa shape index (κ1) is 14.2. The Morgan fingerprint density at radius 3 is 2.00 bits per heavy atom. The highest BCUT2D eigenvalue weighted by Crippen LogP contribution is 2.26. The normalized spacial score (nSPS) is 12.8. The molecule has 0 radical (unpaired) electrons. The minimum absolute atomic E-state index is 0.0302. The van der Waals surface area contributed by atoms with Crippen LogP contribution >= 0.6 is 0 Å². The van der Waals surface area contributed by atoms with E-state index in [2.05, 4.69) is 23.5 Å². The molecule has 0 bridgehead atoms. The minimum Gasteiger partial charge on any atom is -0.438 e. The van der Waals surface area contributed by atoms with Crippen LogP contribution in [0.3, 0.4) is 0 Å². The topological polar surface area (TPSA) is 38.8 Å². The summed E-state index contributed by atoms with van der Waals surface area (Å²) in [7, 11) is 5.33. The van der Waals surface area contributed by atoms with E-state index in [1.54, 1.807) is 0 Å². The quantitative estimate of drug-likeness (QED) is 0.677. The van der Waals surface area contributed by atoms with Crippen LogP contribution < -0.4 is 0 Å². The summed E-state index contributed by atoms with van der Waals surface area (Å²) in [5.74, 6) is 0. The molecule has 0 aromatic carbocycles. The molecule has 0 saturated carbocycles. The van der Waals surface area contributed by atoms with Gasteiger partial charge in [0.2, 0.25) is 0 Å². The van der Waals surface area contributed by atoms with Crippen molar-refractivity contribution in [3.8, 4) is 0 Å². The second-order valence-electron chi connectivity index (χ2n) is 5.20. The lowest BCUT2D eigenvalue weighted by Gasteiger charge is -2.38. The maximum atomic E-state index is 11.0. The first-order chi connectivity index (χ1) is 6.60. The number of hydrogen-bond acceptors (Lipinski definition) is 4. The molecule has 0 aromatic rings. The summed E-state index contributed by atoms with van der Waals surface area (Å²) in [4.78, 5) is 13.1. The van der Waals surface area contributed by atoms with Gasteiger partial charge < -0.3 is 14.4 Å². The number of rotatable bonds is 4. The molecular formula is C11H23NO3. The Balaban J connectivity index is 4.43. The number of carbonyl (C=O) groups excluding carboxylic acids is 1. The van der Waals surface area contributed by atoms with E-state index in [0.29, 0.717) is 0 Å². The molecule has 4 heteroatoms. The van der Waals surface area contributed by atoms with Crippen molar-refractivity contribution in [1.29, 1.82) is 0 Å². The smallest absolute Gasteiger partial charge is 0.438 e. The summed E-state index contributed by atoms with van der Waals surface area (Å²) >= 11 is 0. The molecule has 0 atom stereocenters. The van der Waals surface area contributed by atoms with Crippen LogP contribution in [0, 0.1) is 0 Å². The van der Waals surface area contributed by atoms with E-state index < -0.39 is 11.8 Å². The van der Waals surface area contributed by atoms with Crippen LogP contribution in [0.15, 0.2) is 0 Å². The lowest BCUT2D eigenvalue weighted by molar-refractivity contribution is -0.0340. The average molecular weight is 217 g/mol. The molecule has 0 aliphatic carbocycles. The third-order valence-corrected chi connectivity index (χ3v) is 2.60. The fourth-order valence-electron chi connectivity index (χ4n) is 1.50. The van der Waals surface area contributed by atoms with Crippen molar-refractivity contribution in [3.05, 3.63) is 0 Å². The minimum atomic E-state index is -0.630. The standard InChI is InChI=1S/C11H23NO3/c1-10(2,12(5)6)8-11(3,4)15-9(13)14-7/h8H2,1-7H3. The third kappa shape index (κ3) is 5.02. The Labute approximate surface area is 92.5 Å². The van der Waals surface area contributed by atoms with Gasteiger partial charge in [0, 0.05) is 12.0 Å². The molecule has 0 aliphatic heterocycles. The molecule has 0 heterocycles. The molecule has 0 N–H and O–H groups in total. The van der Waals surface area contributed by atoms with Crippen LogP contribution in [-0.4, -0.2) is 43.4 Å². The van der Waals surface area contributed by atoms with Gasteiger partial charge >= 0.3 is 6.16 Å². The largest absolute Gasteiger partial charge is 0.508 e. The molecule has 0 aliphatic rings. The van der Waals surface area contributed by atoms with Crippen LogP contribution in [0.5, 0.6) is 0 Å². The van der Waals surface area contributed by atoms with Gasteiger partial charge in [-0.1, -0.05) is 0 Å². The van der Waals surface area contributed by atoms with E-state index in [1.165, 1.54) is 7.11 Å². The van der Waals surface area contributed by atoms with E-state index in [0.717, 1.165) is 6.42 Å². The maximum Gasteiger partial charge on any atom is 0.508 e. The van der Waals surface area contributed by atoms with Crippen molar-refractivity contribution in [3.63, 3.8) is 0 Å². The molecule has 0 rings (SSSR count). The van der Waals surface area contributed by atoms with Gasteiger partial charge in [-0.2, -0.15) is 0 Å². The van der Waals surface area contributed by atoms with Crippen molar-refractivity contribution in [2.45, 2.75) is 45.3 Å². The zero-order valence-electron chi connectivity index (χ0n) is 10.9. The van der Waals surface area contributed by atoms with Crippen molar-refractivity contribution in [1.82, 2.24) is 4.90 Å². The van der Waals surface area contributed by atoms with Crippen molar-refractivity contribution in [2.75, 3.05) is 21.2 Å². The Kier molecular flexibility index (Phi) is 4.59. The molecule has 0 fully saturated rings. The first-order valence-electron chi connectivity index (χ1n) is 5.05. The Bertz CT molecular complexity index is 222. The van der Waals surface area contributed by atoms with Gasteiger partial charge in [0.1, 0.15) is 5.60 Å². The van der Waals surface area contributed by atoms with Crippen molar-refractivity contribution < 1.29 is 14.3 Å². The molecule has 0 amide bonds. The van der Waals surface area contributed by atoms with Crippen LogP contribution in [-0.2, 0) is 9.47 Å². The van der Waals surface area contributed by atoms with Crippen LogP contribution in [0.25, 0.3) is 0 Å². The number of nitrogens with zero attached hydrogens (tertiary/aromatic N) is 1. The van der Waals surface area contributed by atoms with Gasteiger partial charge in [-0.15, -0.1) is 0 Å². The SMILES string of the molecule is COC(=O)OC(C)(C)CC(C)(C)N(C)C. The second-order valence-corrected chi connectivity index (χ2v) is 5.20. The fourth-order valence-corrected chi connectivity index (χ4v) is 1.50. The Hall–Kier alpha value is -0.770. The molecule has 0 spiro atoms. The lowest BCUT2D eigenvalue weighted by atomic mass is 9.88. The summed E-state index contributed by atoms with van der Waals surface area (Å²) in [6, 6.07) is 0. The van der Waals surface area contributed by atoms with Gasteiger partial charge in [-0.3, -0.25) is 0 Å². The Morgan fingerprint density at radius 1 is 1.20 bits per heavy atom. The molecule has 0 saturated heterocycles. The van der Waals surface area contributed by atoms with E-state index in [4.69, 9.17) is 4.74 Å². The summed E-state index contributed by atoms with van der Waals surface area (Å²) in [5, 5.41) is 0. The highest BCUT2D eigenvalue weighted by atomic mass is 16.7. The summed E-state index contributed by atoms with van der Waals surface area (Å²) in [6.07, 6.45) is 0.108. The molecule has 0 unspecified atom stereocenters. The number of methoxy groups -OCH3 is 1. The number of ether oxygens (including phenoxy) is 2.